The molecule has 2 amide bonds. The molecule has 164 valence electrons. The first-order valence-corrected chi connectivity index (χ1v) is 9.54. The topological polar surface area (TPSA) is 178 Å². The van der Waals surface area contributed by atoms with E-state index in [1.807, 2.05) is 0 Å². The van der Waals surface area contributed by atoms with Gasteiger partial charge in [0.2, 0.25) is 5.91 Å². The lowest BCUT2D eigenvalue weighted by atomic mass is 10.1. The number of nitrogens with two attached hydrogens (primary N) is 1. The molecule has 0 aliphatic carbocycles. The first-order valence-electron chi connectivity index (χ1n) is 8.78. The van der Waals surface area contributed by atoms with Crippen LogP contribution in [0.5, 0.6) is 5.75 Å². The van der Waals surface area contributed by atoms with E-state index in [2.05, 4.69) is 16.0 Å². The van der Waals surface area contributed by atoms with Gasteiger partial charge in [0.05, 0.1) is 22.8 Å². The first-order chi connectivity index (χ1) is 14.6. The summed E-state index contributed by atoms with van der Waals surface area (Å²) < 4.78 is 0. The van der Waals surface area contributed by atoms with Gasteiger partial charge in [-0.1, -0.05) is 23.2 Å². The minimum absolute atomic E-state index is 0.0847. The molecule has 0 atom stereocenters. The number of phenolic OH excluding ortho intramolecular Hbond substituents is 1. The van der Waals surface area contributed by atoms with Crippen molar-refractivity contribution in [2.24, 2.45) is 5.73 Å². The number of aliphatic carboxylic acids is 1. The number of benzene rings is 2. The third kappa shape index (κ3) is 7.05. The van der Waals surface area contributed by atoms with Crippen LogP contribution in [0.3, 0.4) is 0 Å². The predicted molar refractivity (Wildman–Crippen MR) is 117 cm³/mol. The number of anilines is 2. The molecule has 31 heavy (non-hydrogen) atoms. The Morgan fingerprint density at radius 1 is 1.10 bits per heavy atom. The Bertz CT molecular complexity index is 1040. The van der Waals surface area contributed by atoms with Crippen molar-refractivity contribution in [2.45, 2.75) is 12.8 Å². The standard InChI is InChI=1S/C19H19Cl2N5O5/c20-10-5-9(1-4-16(29)30)17(13(21)6-10)26-15(28)8-24-18(31)12-7-11(25-19(22)23)2-3-14(12)27/h2-3,5-7,27H,1,4,8H2,(H,24,31)(H,26,28)(H,29,30)(H4,22,23,25). The molecule has 0 aromatic heterocycles. The number of carbonyl (C=O) groups excluding carboxylic acids is 2. The second-order valence-electron chi connectivity index (χ2n) is 6.32. The van der Waals surface area contributed by atoms with Gasteiger partial charge in [-0.2, -0.15) is 0 Å². The fraction of sp³-hybridized carbons (Fsp3) is 0.158. The number of aryl methyl sites for hydroxylation is 1. The third-order valence-electron chi connectivity index (χ3n) is 3.94. The minimum Gasteiger partial charge on any atom is -0.507 e. The molecule has 0 radical (unpaired) electrons. The van der Waals surface area contributed by atoms with Gasteiger partial charge in [-0.3, -0.25) is 19.8 Å². The molecule has 0 heterocycles. The van der Waals surface area contributed by atoms with Crippen LogP contribution in [0.25, 0.3) is 0 Å². The van der Waals surface area contributed by atoms with Crippen LogP contribution in [0.15, 0.2) is 30.3 Å². The van der Waals surface area contributed by atoms with E-state index in [1.165, 1.54) is 30.3 Å². The van der Waals surface area contributed by atoms with Gasteiger partial charge in [-0.05, 0) is 42.3 Å². The third-order valence-corrected chi connectivity index (χ3v) is 4.46. The van der Waals surface area contributed by atoms with E-state index in [1.54, 1.807) is 0 Å². The number of guanidine groups is 1. The number of halogens is 2. The van der Waals surface area contributed by atoms with E-state index in [9.17, 15) is 19.5 Å². The van der Waals surface area contributed by atoms with Crippen molar-refractivity contribution in [1.82, 2.24) is 5.32 Å². The van der Waals surface area contributed by atoms with Gasteiger partial charge in [-0.25, -0.2) is 0 Å². The number of carbonyl (C=O) groups is 3. The Balaban J connectivity index is 2.08. The largest absolute Gasteiger partial charge is 0.507 e. The zero-order valence-electron chi connectivity index (χ0n) is 16.0. The lowest BCUT2D eigenvalue weighted by Crippen LogP contribution is -2.33. The molecule has 0 saturated heterocycles. The number of nitrogens with one attached hydrogen (secondary N) is 4. The molecule has 8 N–H and O–H groups in total. The summed E-state index contributed by atoms with van der Waals surface area (Å²) in [7, 11) is 0. The van der Waals surface area contributed by atoms with Gasteiger partial charge in [-0.15, -0.1) is 0 Å². The maximum absolute atomic E-state index is 12.3. The highest BCUT2D eigenvalue weighted by molar-refractivity contribution is 6.37. The van der Waals surface area contributed by atoms with Crippen LogP contribution in [-0.2, 0) is 16.0 Å². The normalized spacial score (nSPS) is 10.3. The Hall–Kier alpha value is -3.50. The molecular weight excluding hydrogens is 449 g/mol. The molecule has 0 fully saturated rings. The van der Waals surface area contributed by atoms with Crippen molar-refractivity contribution in [1.29, 1.82) is 5.41 Å². The van der Waals surface area contributed by atoms with Crippen molar-refractivity contribution < 1.29 is 24.6 Å². The number of aromatic hydroxyl groups is 1. The molecule has 2 aromatic carbocycles. The molecule has 2 aromatic rings. The van der Waals surface area contributed by atoms with Crippen LogP contribution in [0.4, 0.5) is 11.4 Å². The minimum atomic E-state index is -1.03. The highest BCUT2D eigenvalue weighted by Crippen LogP contribution is 2.31. The van der Waals surface area contributed by atoms with Crippen LogP contribution in [-0.4, -0.2) is 40.5 Å². The molecule has 0 unspecified atom stereocenters. The van der Waals surface area contributed by atoms with Crippen LogP contribution < -0.4 is 21.7 Å². The van der Waals surface area contributed by atoms with E-state index in [0.29, 0.717) is 11.3 Å². The Morgan fingerprint density at radius 2 is 1.81 bits per heavy atom. The second kappa shape index (κ2) is 10.5. The highest BCUT2D eigenvalue weighted by atomic mass is 35.5. The van der Waals surface area contributed by atoms with Crippen LogP contribution >= 0.6 is 23.2 Å². The number of carboxylic acids is 1. The lowest BCUT2D eigenvalue weighted by Gasteiger charge is -2.14. The van der Waals surface area contributed by atoms with Gasteiger partial charge < -0.3 is 31.9 Å². The molecule has 0 aliphatic heterocycles. The van der Waals surface area contributed by atoms with Crippen LogP contribution in [0, 0.1) is 5.41 Å². The van der Waals surface area contributed by atoms with Crippen molar-refractivity contribution in [3.05, 3.63) is 51.5 Å². The zero-order valence-corrected chi connectivity index (χ0v) is 17.5. The van der Waals surface area contributed by atoms with Gasteiger partial charge in [0.1, 0.15) is 5.75 Å². The van der Waals surface area contributed by atoms with Gasteiger partial charge >= 0.3 is 5.97 Å². The van der Waals surface area contributed by atoms with Crippen LogP contribution in [0.2, 0.25) is 10.0 Å². The highest BCUT2D eigenvalue weighted by Gasteiger charge is 2.16. The fourth-order valence-electron chi connectivity index (χ4n) is 2.60. The predicted octanol–water partition coefficient (Wildman–Crippen LogP) is 2.39. The molecular formula is C19H19Cl2N5O5. The van der Waals surface area contributed by atoms with Crippen molar-refractivity contribution in [3.8, 4) is 5.75 Å². The van der Waals surface area contributed by atoms with E-state index in [4.69, 9.17) is 39.5 Å². The molecule has 0 bridgehead atoms. The van der Waals surface area contributed by atoms with Crippen molar-refractivity contribution >= 4 is 58.3 Å². The number of phenols is 1. The summed E-state index contributed by atoms with van der Waals surface area (Å²) in [4.78, 5) is 35.5. The maximum Gasteiger partial charge on any atom is 0.303 e. The molecule has 12 heteroatoms. The first kappa shape index (κ1) is 23.8. The average Bonchev–Trinajstić information content (AvgIpc) is 2.67. The number of rotatable bonds is 8. The quantitative estimate of drug-likeness (QED) is 0.177. The second-order valence-corrected chi connectivity index (χ2v) is 7.16. The molecule has 0 saturated carbocycles. The van der Waals surface area contributed by atoms with E-state index >= 15 is 0 Å². The van der Waals surface area contributed by atoms with Gasteiger partial charge in [0, 0.05) is 17.1 Å². The fourth-order valence-corrected chi connectivity index (χ4v) is 3.18. The molecule has 0 spiro atoms. The van der Waals surface area contributed by atoms with Crippen molar-refractivity contribution in [3.63, 3.8) is 0 Å². The summed E-state index contributed by atoms with van der Waals surface area (Å²) in [6, 6.07) is 6.82. The monoisotopic (exact) mass is 467 g/mol. The number of hydrogen-bond acceptors (Lipinski definition) is 5. The van der Waals surface area contributed by atoms with E-state index < -0.39 is 24.3 Å². The number of amides is 2. The zero-order chi connectivity index (χ0) is 23.1. The van der Waals surface area contributed by atoms with Crippen LogP contribution in [0.1, 0.15) is 22.3 Å². The number of hydrogen-bond donors (Lipinski definition) is 7. The van der Waals surface area contributed by atoms with Gasteiger partial charge in [0.25, 0.3) is 5.91 Å². The summed E-state index contributed by atoms with van der Waals surface area (Å²) >= 11 is 12.1. The summed E-state index contributed by atoms with van der Waals surface area (Å²) in [5, 5.41) is 33.8. The molecule has 10 nitrogen and oxygen atoms in total. The SMILES string of the molecule is N=C(N)Nc1ccc(O)c(C(=O)NCC(=O)Nc2c(Cl)cc(Cl)cc2CCC(=O)O)c1. The van der Waals surface area contributed by atoms with E-state index in [-0.39, 0.29) is 45.8 Å². The smallest absolute Gasteiger partial charge is 0.303 e. The maximum atomic E-state index is 12.3. The molecule has 0 aliphatic rings. The van der Waals surface area contributed by atoms with Crippen molar-refractivity contribution in [2.75, 3.05) is 17.2 Å². The number of carboxylic acid groups (broad SMARTS) is 1. The Labute approximate surface area is 186 Å². The van der Waals surface area contributed by atoms with E-state index in [0.717, 1.165) is 0 Å². The Kier molecular flexibility index (Phi) is 8.06. The summed E-state index contributed by atoms with van der Waals surface area (Å²) in [5.41, 5.74) is 6.03. The summed E-state index contributed by atoms with van der Waals surface area (Å²) in [6.45, 7) is -0.458. The lowest BCUT2D eigenvalue weighted by molar-refractivity contribution is -0.137. The average molecular weight is 468 g/mol. The summed E-state index contributed by atoms with van der Waals surface area (Å²) in [5.74, 6) is -3.08. The van der Waals surface area contributed by atoms with Gasteiger partial charge in [0.15, 0.2) is 5.96 Å². The molecule has 2 rings (SSSR count). The Morgan fingerprint density at radius 3 is 2.45 bits per heavy atom. The summed E-state index contributed by atoms with van der Waals surface area (Å²) in [6.07, 6.45) is -0.110.